The summed E-state index contributed by atoms with van der Waals surface area (Å²) in [6.07, 6.45) is 5.71. The predicted molar refractivity (Wildman–Crippen MR) is 59.5 cm³/mol. The summed E-state index contributed by atoms with van der Waals surface area (Å²) in [6.45, 7) is 4.25. The second-order valence-electron chi connectivity index (χ2n) is 5.67. The van der Waals surface area contributed by atoms with Gasteiger partial charge in [0.15, 0.2) is 0 Å². The van der Waals surface area contributed by atoms with E-state index in [0.717, 1.165) is 25.7 Å². The van der Waals surface area contributed by atoms with Gasteiger partial charge in [0, 0.05) is 12.3 Å². The van der Waals surface area contributed by atoms with Crippen molar-refractivity contribution in [2.24, 2.45) is 17.3 Å². The molecule has 0 aromatic carbocycles. The van der Waals surface area contributed by atoms with Gasteiger partial charge in [-0.05, 0) is 30.6 Å². The Labute approximate surface area is 92.1 Å². The third-order valence-corrected chi connectivity index (χ3v) is 4.87. The van der Waals surface area contributed by atoms with E-state index < -0.39 is 0 Å². The van der Waals surface area contributed by atoms with E-state index >= 15 is 0 Å². The Morgan fingerprint density at radius 1 is 1.33 bits per heavy atom. The van der Waals surface area contributed by atoms with Crippen LogP contribution in [0.4, 0.5) is 0 Å². The predicted octanol–water partition coefficient (Wildman–Crippen LogP) is 2.54. The molecule has 4 atom stereocenters. The molecule has 0 heterocycles. The molecule has 1 N–H and O–H groups in total. The smallest absolute Gasteiger partial charge is 0.136 e. The quantitative estimate of drug-likeness (QED) is 0.667. The van der Waals surface area contributed by atoms with Crippen LogP contribution in [-0.2, 0) is 4.79 Å². The monoisotopic (exact) mass is 210 g/mol. The Bertz CT molecular complexity index is 261. The maximum absolute atomic E-state index is 11.7. The zero-order valence-electron chi connectivity index (χ0n) is 9.83. The molecule has 0 radical (unpaired) electrons. The molecule has 0 aromatic rings. The summed E-state index contributed by atoms with van der Waals surface area (Å²) >= 11 is 0. The lowest BCUT2D eigenvalue weighted by atomic mass is 9.59. The van der Waals surface area contributed by atoms with Crippen molar-refractivity contribution < 1.29 is 9.90 Å². The molecule has 2 rings (SSSR count). The lowest BCUT2D eigenvalue weighted by molar-refractivity contribution is -0.135. The van der Waals surface area contributed by atoms with Gasteiger partial charge in [-0.1, -0.05) is 26.7 Å². The molecule has 2 nitrogen and oxygen atoms in total. The lowest BCUT2D eigenvalue weighted by Gasteiger charge is -2.46. The summed E-state index contributed by atoms with van der Waals surface area (Å²) < 4.78 is 0. The second-order valence-corrected chi connectivity index (χ2v) is 5.67. The minimum absolute atomic E-state index is 0.00380. The fraction of sp³-hybridized carbons (Fsp3) is 0.923. The van der Waals surface area contributed by atoms with Crippen molar-refractivity contribution in [3.63, 3.8) is 0 Å². The molecule has 0 saturated heterocycles. The Balaban J connectivity index is 2.27. The standard InChI is InChI=1S/C13H22O2/c1-9-10-5-3-4-6-12(15)13(10,2)8-7-11(9)14/h9-10,12,15H,3-8H2,1-2H3/t9?,10?,12-,13+/m1/s1. The number of carbonyl (C=O) groups is 1. The number of aliphatic hydroxyl groups excluding tert-OH is 1. The first kappa shape index (κ1) is 11.1. The Kier molecular flexibility index (Phi) is 2.89. The lowest BCUT2D eigenvalue weighted by Crippen LogP contribution is -2.46. The second kappa shape index (κ2) is 3.89. The van der Waals surface area contributed by atoms with E-state index in [0.29, 0.717) is 18.1 Å². The maximum Gasteiger partial charge on any atom is 0.136 e. The molecule has 2 aliphatic carbocycles. The molecule has 0 aliphatic heterocycles. The van der Waals surface area contributed by atoms with Gasteiger partial charge in [0.1, 0.15) is 5.78 Å². The molecule has 2 aliphatic rings. The molecule has 86 valence electrons. The number of rotatable bonds is 0. The van der Waals surface area contributed by atoms with Gasteiger partial charge in [-0.15, -0.1) is 0 Å². The molecule has 2 heteroatoms. The Morgan fingerprint density at radius 3 is 2.73 bits per heavy atom. The number of aliphatic hydroxyl groups is 1. The SMILES string of the molecule is CC1C(=O)CC[C@@]2(C)C1CCCC[C@H]2O. The highest BCUT2D eigenvalue weighted by Gasteiger charge is 2.48. The first-order chi connectivity index (χ1) is 7.05. The summed E-state index contributed by atoms with van der Waals surface area (Å²) in [6, 6.07) is 0. The van der Waals surface area contributed by atoms with Crippen LogP contribution in [0.2, 0.25) is 0 Å². The number of carbonyl (C=O) groups excluding carboxylic acids is 1. The third-order valence-electron chi connectivity index (χ3n) is 4.87. The van der Waals surface area contributed by atoms with Crippen molar-refractivity contribution in [3.8, 4) is 0 Å². The number of ketones is 1. The van der Waals surface area contributed by atoms with Crippen LogP contribution in [0, 0.1) is 17.3 Å². The van der Waals surface area contributed by atoms with E-state index in [1.807, 2.05) is 0 Å². The van der Waals surface area contributed by atoms with E-state index in [2.05, 4.69) is 13.8 Å². The highest BCUT2D eigenvalue weighted by atomic mass is 16.3. The van der Waals surface area contributed by atoms with Crippen LogP contribution < -0.4 is 0 Å². The number of Topliss-reactive ketones (excluding diaryl/α,β-unsaturated/α-hetero) is 1. The maximum atomic E-state index is 11.7. The Morgan fingerprint density at radius 2 is 2.00 bits per heavy atom. The van der Waals surface area contributed by atoms with Gasteiger partial charge < -0.3 is 5.11 Å². The van der Waals surface area contributed by atoms with Gasteiger partial charge in [-0.2, -0.15) is 0 Å². The van der Waals surface area contributed by atoms with Gasteiger partial charge in [0.2, 0.25) is 0 Å². The average molecular weight is 210 g/mol. The van der Waals surface area contributed by atoms with Crippen molar-refractivity contribution in [1.82, 2.24) is 0 Å². The molecule has 2 saturated carbocycles. The van der Waals surface area contributed by atoms with Crippen LogP contribution in [-0.4, -0.2) is 17.0 Å². The van der Waals surface area contributed by atoms with Crippen LogP contribution in [0.3, 0.4) is 0 Å². The van der Waals surface area contributed by atoms with Gasteiger partial charge >= 0.3 is 0 Å². The molecule has 0 bridgehead atoms. The van der Waals surface area contributed by atoms with Crippen LogP contribution in [0.1, 0.15) is 52.4 Å². The fourth-order valence-electron chi connectivity index (χ4n) is 3.63. The molecule has 15 heavy (non-hydrogen) atoms. The summed E-state index contributed by atoms with van der Waals surface area (Å²) in [7, 11) is 0. The summed E-state index contributed by atoms with van der Waals surface area (Å²) in [4.78, 5) is 11.7. The minimum atomic E-state index is -0.194. The minimum Gasteiger partial charge on any atom is -0.393 e. The van der Waals surface area contributed by atoms with E-state index in [4.69, 9.17) is 0 Å². The molecule has 0 aromatic heterocycles. The van der Waals surface area contributed by atoms with Crippen LogP contribution >= 0.6 is 0 Å². The van der Waals surface area contributed by atoms with Crippen molar-refractivity contribution in [2.75, 3.05) is 0 Å². The first-order valence-corrected chi connectivity index (χ1v) is 6.26. The number of hydrogen-bond acceptors (Lipinski definition) is 2. The largest absolute Gasteiger partial charge is 0.393 e. The summed E-state index contributed by atoms with van der Waals surface area (Å²) in [5.74, 6) is 0.985. The third kappa shape index (κ3) is 1.73. The van der Waals surface area contributed by atoms with E-state index in [1.54, 1.807) is 0 Å². The molecule has 0 spiro atoms. The highest BCUT2D eigenvalue weighted by Crippen LogP contribution is 2.50. The summed E-state index contributed by atoms with van der Waals surface area (Å²) in [5.41, 5.74) is 0.00380. The fourth-order valence-corrected chi connectivity index (χ4v) is 3.63. The number of hydrogen-bond donors (Lipinski definition) is 1. The molecular weight excluding hydrogens is 188 g/mol. The molecule has 0 amide bonds. The van der Waals surface area contributed by atoms with Gasteiger partial charge in [0.05, 0.1) is 6.10 Å². The summed E-state index contributed by atoms with van der Waals surface area (Å²) in [5, 5.41) is 10.2. The van der Waals surface area contributed by atoms with Gasteiger partial charge in [0.25, 0.3) is 0 Å². The van der Waals surface area contributed by atoms with Crippen LogP contribution in [0.15, 0.2) is 0 Å². The average Bonchev–Trinajstić information content (AvgIpc) is 2.35. The molecule has 2 fully saturated rings. The highest BCUT2D eigenvalue weighted by molar-refractivity contribution is 5.82. The van der Waals surface area contributed by atoms with Crippen molar-refractivity contribution in [3.05, 3.63) is 0 Å². The zero-order chi connectivity index (χ0) is 11.1. The molecule has 2 unspecified atom stereocenters. The van der Waals surface area contributed by atoms with Crippen LogP contribution in [0.25, 0.3) is 0 Å². The van der Waals surface area contributed by atoms with E-state index in [1.165, 1.54) is 6.42 Å². The van der Waals surface area contributed by atoms with Crippen molar-refractivity contribution in [1.29, 1.82) is 0 Å². The Hall–Kier alpha value is -0.370. The molecular formula is C13H22O2. The van der Waals surface area contributed by atoms with Crippen molar-refractivity contribution >= 4 is 5.78 Å². The van der Waals surface area contributed by atoms with Crippen LogP contribution in [0.5, 0.6) is 0 Å². The first-order valence-electron chi connectivity index (χ1n) is 6.26. The topological polar surface area (TPSA) is 37.3 Å². The van der Waals surface area contributed by atoms with E-state index in [-0.39, 0.29) is 17.4 Å². The van der Waals surface area contributed by atoms with E-state index in [9.17, 15) is 9.90 Å². The van der Waals surface area contributed by atoms with Gasteiger partial charge in [-0.3, -0.25) is 4.79 Å². The number of fused-ring (bicyclic) bond motifs is 1. The van der Waals surface area contributed by atoms with Crippen molar-refractivity contribution in [2.45, 2.75) is 58.5 Å². The normalized spacial score (nSPS) is 47.1. The zero-order valence-corrected chi connectivity index (χ0v) is 9.83. The van der Waals surface area contributed by atoms with Gasteiger partial charge in [-0.25, -0.2) is 0 Å².